The van der Waals surface area contributed by atoms with Gasteiger partial charge in [-0.15, -0.1) is 0 Å². The molecule has 0 bridgehead atoms. The van der Waals surface area contributed by atoms with E-state index in [2.05, 4.69) is 25.7 Å². The van der Waals surface area contributed by atoms with Crippen LogP contribution in [0.15, 0.2) is 18.2 Å². The summed E-state index contributed by atoms with van der Waals surface area (Å²) in [4.78, 5) is 12.8. The van der Waals surface area contributed by atoms with Crippen molar-refractivity contribution in [3.63, 3.8) is 0 Å². The van der Waals surface area contributed by atoms with E-state index in [-0.39, 0.29) is 5.56 Å². The molecule has 0 amide bonds. The Morgan fingerprint density at radius 2 is 1.44 bits per heavy atom. The second-order valence-electron chi connectivity index (χ2n) is 3.81. The van der Waals surface area contributed by atoms with Crippen molar-refractivity contribution in [2.75, 3.05) is 31.1 Å². The van der Waals surface area contributed by atoms with Crippen LogP contribution in [0.1, 0.15) is 31.1 Å². The number of anilines is 2. The number of rotatable bonds is 4. The number of benzene rings is 1. The highest BCUT2D eigenvalue weighted by atomic mass is 16.4. The van der Waals surface area contributed by atoms with Crippen molar-refractivity contribution in [1.82, 2.24) is 4.90 Å². The Morgan fingerprint density at radius 3 is 1.67 bits per heavy atom. The second-order valence-corrected chi connectivity index (χ2v) is 3.81. The Labute approximate surface area is 108 Å². The number of nitrogens with zero attached hydrogens (tertiary/aromatic N) is 1. The van der Waals surface area contributed by atoms with Gasteiger partial charge in [0.05, 0.1) is 5.56 Å². The van der Waals surface area contributed by atoms with E-state index in [0.717, 1.165) is 0 Å². The van der Waals surface area contributed by atoms with E-state index >= 15 is 0 Å². The van der Waals surface area contributed by atoms with E-state index in [1.54, 1.807) is 0 Å². The molecule has 5 N–H and O–H groups in total. The van der Waals surface area contributed by atoms with Crippen molar-refractivity contribution in [3.05, 3.63) is 23.8 Å². The van der Waals surface area contributed by atoms with E-state index in [1.807, 2.05) is 0 Å². The molecule has 0 aliphatic carbocycles. The SMILES string of the molecule is CCN(CC)CC.Nc1cc(N)cc(C(=O)O)c1. The first-order valence-electron chi connectivity index (χ1n) is 6.06. The van der Waals surface area contributed by atoms with Crippen LogP contribution in [0.5, 0.6) is 0 Å². The minimum atomic E-state index is -1.02. The van der Waals surface area contributed by atoms with Gasteiger partial charge in [-0.25, -0.2) is 4.79 Å². The zero-order valence-corrected chi connectivity index (χ0v) is 11.3. The third-order valence-electron chi connectivity index (χ3n) is 2.57. The molecule has 5 heteroatoms. The van der Waals surface area contributed by atoms with Crippen molar-refractivity contribution in [2.24, 2.45) is 0 Å². The van der Waals surface area contributed by atoms with Crippen molar-refractivity contribution in [1.29, 1.82) is 0 Å². The first-order valence-corrected chi connectivity index (χ1v) is 6.06. The second kappa shape index (κ2) is 8.36. The van der Waals surface area contributed by atoms with Crippen molar-refractivity contribution in [2.45, 2.75) is 20.8 Å². The maximum absolute atomic E-state index is 10.4. The lowest BCUT2D eigenvalue weighted by Gasteiger charge is -2.13. The van der Waals surface area contributed by atoms with Gasteiger partial charge in [-0.05, 0) is 37.8 Å². The molecule has 1 aromatic carbocycles. The Morgan fingerprint density at radius 1 is 1.06 bits per heavy atom. The standard InChI is InChI=1S/C7H8N2O2.C6H15N/c8-5-1-4(7(10)11)2-6(9)3-5;1-4-7(5-2)6-3/h1-3H,8-9H2,(H,10,11);4-6H2,1-3H3. The molecule has 0 heterocycles. The third kappa shape index (κ3) is 6.10. The highest BCUT2D eigenvalue weighted by Crippen LogP contribution is 2.12. The van der Waals surface area contributed by atoms with Gasteiger partial charge in [-0.2, -0.15) is 0 Å². The number of carbonyl (C=O) groups is 1. The van der Waals surface area contributed by atoms with Crippen molar-refractivity contribution >= 4 is 17.3 Å². The molecule has 0 radical (unpaired) electrons. The number of nitrogens with two attached hydrogens (primary N) is 2. The highest BCUT2D eigenvalue weighted by molar-refractivity contribution is 5.90. The zero-order valence-electron chi connectivity index (χ0n) is 11.3. The summed E-state index contributed by atoms with van der Waals surface area (Å²) in [5, 5.41) is 8.52. The average molecular weight is 253 g/mol. The normalized spacial score (nSPS) is 9.78. The predicted octanol–water partition coefficient (Wildman–Crippen LogP) is 1.90. The van der Waals surface area contributed by atoms with Crippen LogP contribution in [0.25, 0.3) is 0 Å². The minimum absolute atomic E-state index is 0.113. The van der Waals surface area contributed by atoms with E-state index in [4.69, 9.17) is 16.6 Å². The number of carboxylic acids is 1. The molecule has 0 saturated carbocycles. The van der Waals surface area contributed by atoms with Crippen LogP contribution in [-0.4, -0.2) is 35.6 Å². The van der Waals surface area contributed by atoms with Gasteiger partial charge in [0.1, 0.15) is 0 Å². The highest BCUT2D eigenvalue weighted by Gasteiger charge is 2.03. The van der Waals surface area contributed by atoms with E-state index in [9.17, 15) is 4.79 Å². The molecule has 0 aliphatic rings. The van der Waals surface area contributed by atoms with Gasteiger partial charge >= 0.3 is 5.97 Å². The van der Waals surface area contributed by atoms with Gasteiger partial charge in [0, 0.05) is 11.4 Å². The average Bonchev–Trinajstić information content (AvgIpc) is 2.31. The van der Waals surface area contributed by atoms with Crippen LogP contribution in [0.4, 0.5) is 11.4 Å². The first-order chi connectivity index (χ1) is 8.44. The smallest absolute Gasteiger partial charge is 0.335 e. The maximum atomic E-state index is 10.4. The Bertz CT molecular complexity index is 351. The first kappa shape index (κ1) is 16.2. The molecule has 0 unspecified atom stereocenters. The molecule has 1 aromatic rings. The summed E-state index contributed by atoms with van der Waals surface area (Å²) in [6, 6.07) is 4.23. The third-order valence-corrected chi connectivity index (χ3v) is 2.57. The number of carboxylic acid groups (broad SMARTS) is 1. The molecular weight excluding hydrogens is 230 g/mol. The summed E-state index contributed by atoms with van der Waals surface area (Å²) in [6.07, 6.45) is 0. The van der Waals surface area contributed by atoms with E-state index < -0.39 is 5.97 Å². The van der Waals surface area contributed by atoms with Gasteiger partial charge < -0.3 is 21.5 Å². The molecule has 0 atom stereocenters. The molecule has 0 aromatic heterocycles. The Balaban J connectivity index is 0.000000360. The number of nitrogen functional groups attached to an aromatic ring is 2. The predicted molar refractivity (Wildman–Crippen MR) is 75.7 cm³/mol. The quantitative estimate of drug-likeness (QED) is 0.713. The number of hydrogen-bond acceptors (Lipinski definition) is 4. The Hall–Kier alpha value is -1.75. The fourth-order valence-corrected chi connectivity index (χ4v) is 1.47. The number of aromatic carboxylic acids is 1. The van der Waals surface area contributed by atoms with Gasteiger partial charge in [-0.3, -0.25) is 0 Å². The lowest BCUT2D eigenvalue weighted by molar-refractivity contribution is 0.0697. The van der Waals surface area contributed by atoms with Crippen LogP contribution in [0.3, 0.4) is 0 Å². The van der Waals surface area contributed by atoms with Gasteiger partial charge in [0.2, 0.25) is 0 Å². The molecule has 18 heavy (non-hydrogen) atoms. The molecule has 0 spiro atoms. The molecule has 5 nitrogen and oxygen atoms in total. The van der Waals surface area contributed by atoms with Gasteiger partial charge in [0.15, 0.2) is 0 Å². The zero-order chi connectivity index (χ0) is 14.1. The monoisotopic (exact) mass is 253 g/mol. The molecular formula is C13H23N3O2. The lowest BCUT2D eigenvalue weighted by Crippen LogP contribution is -2.21. The lowest BCUT2D eigenvalue weighted by atomic mass is 10.2. The molecule has 0 saturated heterocycles. The molecule has 102 valence electrons. The molecule has 0 fully saturated rings. The molecule has 0 aliphatic heterocycles. The number of hydrogen-bond donors (Lipinski definition) is 3. The summed E-state index contributed by atoms with van der Waals surface area (Å²) in [5.41, 5.74) is 11.5. The van der Waals surface area contributed by atoms with Crippen LogP contribution in [0, 0.1) is 0 Å². The van der Waals surface area contributed by atoms with E-state index in [1.165, 1.54) is 37.8 Å². The topological polar surface area (TPSA) is 92.6 Å². The van der Waals surface area contributed by atoms with Gasteiger partial charge in [0.25, 0.3) is 0 Å². The fourth-order valence-electron chi connectivity index (χ4n) is 1.47. The largest absolute Gasteiger partial charge is 0.478 e. The Kier molecular flexibility index (Phi) is 7.54. The molecule has 1 rings (SSSR count). The summed E-state index contributed by atoms with van der Waals surface area (Å²) in [7, 11) is 0. The summed E-state index contributed by atoms with van der Waals surface area (Å²) in [6.45, 7) is 10.1. The minimum Gasteiger partial charge on any atom is -0.478 e. The van der Waals surface area contributed by atoms with Crippen LogP contribution in [-0.2, 0) is 0 Å². The van der Waals surface area contributed by atoms with Crippen LogP contribution in [0.2, 0.25) is 0 Å². The van der Waals surface area contributed by atoms with E-state index in [0.29, 0.717) is 11.4 Å². The maximum Gasteiger partial charge on any atom is 0.335 e. The van der Waals surface area contributed by atoms with Crippen molar-refractivity contribution in [3.8, 4) is 0 Å². The van der Waals surface area contributed by atoms with Crippen LogP contribution >= 0.6 is 0 Å². The van der Waals surface area contributed by atoms with Crippen LogP contribution < -0.4 is 11.5 Å². The summed E-state index contributed by atoms with van der Waals surface area (Å²) < 4.78 is 0. The van der Waals surface area contributed by atoms with Crippen molar-refractivity contribution < 1.29 is 9.90 Å². The van der Waals surface area contributed by atoms with Gasteiger partial charge in [-0.1, -0.05) is 20.8 Å². The fraction of sp³-hybridized carbons (Fsp3) is 0.462. The summed E-state index contributed by atoms with van der Waals surface area (Å²) in [5.74, 6) is -1.02. The summed E-state index contributed by atoms with van der Waals surface area (Å²) >= 11 is 0.